The molecule has 154 valence electrons. The Morgan fingerprint density at radius 1 is 1.18 bits per heavy atom. The number of nitrogens with zero attached hydrogens (tertiary/aromatic N) is 1. The summed E-state index contributed by atoms with van der Waals surface area (Å²) in [7, 11) is 0. The van der Waals surface area contributed by atoms with Gasteiger partial charge in [-0.25, -0.2) is 4.98 Å². The molecule has 1 aromatic heterocycles. The van der Waals surface area contributed by atoms with Crippen LogP contribution < -0.4 is 15.4 Å². The van der Waals surface area contributed by atoms with Crippen molar-refractivity contribution in [3.8, 4) is 11.6 Å². The van der Waals surface area contributed by atoms with Gasteiger partial charge in [-0.15, -0.1) is 24.8 Å². The fourth-order valence-corrected chi connectivity index (χ4v) is 3.34. The largest absolute Gasteiger partial charge is 0.438 e. The second-order valence-corrected chi connectivity index (χ2v) is 7.19. The lowest BCUT2D eigenvalue weighted by Gasteiger charge is -2.22. The summed E-state index contributed by atoms with van der Waals surface area (Å²) in [5.74, 6) is 1.55. The normalized spacial score (nSPS) is 13.8. The van der Waals surface area contributed by atoms with Crippen LogP contribution in [0.4, 0.5) is 5.69 Å². The summed E-state index contributed by atoms with van der Waals surface area (Å²) < 4.78 is 5.63. The summed E-state index contributed by atoms with van der Waals surface area (Å²) in [5, 5.41) is 7.05. The van der Waals surface area contributed by atoms with Gasteiger partial charge in [0.1, 0.15) is 10.8 Å². The highest BCUT2D eigenvalue weighted by molar-refractivity contribution is 6.35. The quantitative estimate of drug-likeness (QED) is 0.569. The van der Waals surface area contributed by atoms with Gasteiger partial charge in [0.15, 0.2) is 0 Å². The van der Waals surface area contributed by atoms with Crippen molar-refractivity contribution in [3.63, 3.8) is 0 Å². The predicted molar refractivity (Wildman–Crippen MR) is 119 cm³/mol. The molecular weight excluding hydrogens is 444 g/mol. The monoisotopic (exact) mass is 465 g/mol. The van der Waals surface area contributed by atoms with Crippen molar-refractivity contribution in [1.29, 1.82) is 0 Å². The highest BCUT2D eigenvalue weighted by Gasteiger charge is 2.14. The fourth-order valence-electron chi connectivity index (χ4n) is 2.92. The minimum atomic E-state index is 0. The van der Waals surface area contributed by atoms with Crippen LogP contribution in [-0.4, -0.2) is 24.0 Å². The Hall–Kier alpha value is -1.24. The van der Waals surface area contributed by atoms with E-state index in [1.165, 1.54) is 6.20 Å². The number of hydrogen-bond acceptors (Lipinski definition) is 4. The first-order chi connectivity index (χ1) is 12.6. The summed E-state index contributed by atoms with van der Waals surface area (Å²) in [6, 6.07) is 8.68. The molecule has 0 saturated carbocycles. The second kappa shape index (κ2) is 12.3. The first-order valence-electron chi connectivity index (χ1n) is 8.69. The lowest BCUT2D eigenvalue weighted by Crippen LogP contribution is -2.28. The van der Waals surface area contributed by atoms with E-state index in [9.17, 15) is 4.79 Å². The van der Waals surface area contributed by atoms with E-state index < -0.39 is 0 Å². The average molecular weight is 467 g/mol. The van der Waals surface area contributed by atoms with Gasteiger partial charge in [0, 0.05) is 18.3 Å². The molecule has 1 aromatic carbocycles. The number of aromatic nitrogens is 1. The maximum absolute atomic E-state index is 12.1. The number of ether oxygens (including phenoxy) is 1. The number of pyridine rings is 1. The summed E-state index contributed by atoms with van der Waals surface area (Å²) in [5.41, 5.74) is 0.739. The predicted octanol–water partition coefficient (Wildman–Crippen LogP) is 5.74. The van der Waals surface area contributed by atoms with Crippen LogP contribution in [0.15, 0.2) is 36.5 Å². The number of amides is 1. The molecule has 1 amide bonds. The number of rotatable bonds is 6. The number of piperidine rings is 1. The van der Waals surface area contributed by atoms with Crippen LogP contribution in [0, 0.1) is 5.92 Å². The van der Waals surface area contributed by atoms with Crippen LogP contribution in [0.1, 0.15) is 25.7 Å². The van der Waals surface area contributed by atoms with Gasteiger partial charge < -0.3 is 15.4 Å². The minimum Gasteiger partial charge on any atom is -0.438 e. The number of halogens is 4. The third-order valence-electron chi connectivity index (χ3n) is 4.37. The standard InChI is InChI=1S/C19H21Cl2N3O2.2ClH/c20-14-11-17(21)19(23-12-14)26-16-4-2-15(3-5-16)24-18(25)6-1-13-7-9-22-10-8-13;;/h2-5,11-13,22H,1,6-10H2,(H,24,25);2*1H. The zero-order chi connectivity index (χ0) is 18.4. The Morgan fingerprint density at radius 3 is 2.50 bits per heavy atom. The van der Waals surface area contributed by atoms with Crippen LogP contribution in [0.3, 0.4) is 0 Å². The van der Waals surface area contributed by atoms with E-state index in [0.29, 0.717) is 28.1 Å². The Balaban J connectivity index is 0.00000196. The molecule has 9 heteroatoms. The molecule has 5 nitrogen and oxygen atoms in total. The van der Waals surface area contributed by atoms with Crippen LogP contribution in [0.25, 0.3) is 0 Å². The highest BCUT2D eigenvalue weighted by atomic mass is 35.5. The summed E-state index contributed by atoms with van der Waals surface area (Å²) in [4.78, 5) is 16.2. The van der Waals surface area contributed by atoms with Gasteiger partial charge in [-0.3, -0.25) is 4.79 Å². The Labute approximate surface area is 187 Å². The van der Waals surface area contributed by atoms with E-state index in [4.69, 9.17) is 27.9 Å². The first kappa shape index (κ1) is 24.8. The molecule has 2 N–H and O–H groups in total. The van der Waals surface area contributed by atoms with Crippen molar-refractivity contribution < 1.29 is 9.53 Å². The highest BCUT2D eigenvalue weighted by Crippen LogP contribution is 2.29. The van der Waals surface area contributed by atoms with E-state index in [1.807, 2.05) is 0 Å². The van der Waals surface area contributed by atoms with Gasteiger partial charge in [-0.05, 0) is 68.6 Å². The maximum atomic E-state index is 12.1. The SMILES string of the molecule is Cl.Cl.O=C(CCC1CCNCC1)Nc1ccc(Oc2ncc(Cl)cc2Cl)cc1. The molecule has 3 rings (SSSR count). The minimum absolute atomic E-state index is 0. The number of carbonyl (C=O) groups excluding carboxylic acids is 1. The Bertz CT molecular complexity index is 753. The van der Waals surface area contributed by atoms with Crippen molar-refractivity contribution in [3.05, 3.63) is 46.6 Å². The molecular formula is C19H23Cl4N3O2. The summed E-state index contributed by atoms with van der Waals surface area (Å²) in [6.07, 6.45) is 5.27. The first-order valence-corrected chi connectivity index (χ1v) is 9.45. The number of anilines is 1. The molecule has 0 unspecified atom stereocenters. The van der Waals surface area contributed by atoms with Gasteiger partial charge in [-0.1, -0.05) is 23.2 Å². The molecule has 1 aliphatic rings. The Kier molecular flexibility index (Phi) is 10.9. The van der Waals surface area contributed by atoms with Crippen molar-refractivity contribution in [2.45, 2.75) is 25.7 Å². The third-order valence-corrected chi connectivity index (χ3v) is 4.84. The summed E-state index contributed by atoms with van der Waals surface area (Å²) >= 11 is 11.9. The van der Waals surface area contributed by atoms with Gasteiger partial charge in [0.05, 0.1) is 5.02 Å². The smallest absolute Gasteiger partial charge is 0.238 e. The van der Waals surface area contributed by atoms with E-state index >= 15 is 0 Å². The molecule has 0 bridgehead atoms. The number of benzene rings is 1. The van der Waals surface area contributed by atoms with E-state index in [2.05, 4.69) is 15.6 Å². The van der Waals surface area contributed by atoms with Crippen molar-refractivity contribution in [2.24, 2.45) is 5.92 Å². The van der Waals surface area contributed by atoms with E-state index in [0.717, 1.165) is 38.0 Å². The molecule has 0 spiro atoms. The molecule has 2 aromatic rings. The van der Waals surface area contributed by atoms with Gasteiger partial charge in [-0.2, -0.15) is 0 Å². The molecule has 2 heterocycles. The van der Waals surface area contributed by atoms with Crippen molar-refractivity contribution >= 4 is 59.6 Å². The van der Waals surface area contributed by atoms with E-state index in [1.54, 1.807) is 30.3 Å². The number of nitrogens with one attached hydrogen (secondary N) is 2. The zero-order valence-electron chi connectivity index (χ0n) is 15.1. The van der Waals surface area contributed by atoms with Crippen LogP contribution in [0.2, 0.25) is 10.0 Å². The summed E-state index contributed by atoms with van der Waals surface area (Å²) in [6.45, 7) is 2.11. The Morgan fingerprint density at radius 2 is 1.86 bits per heavy atom. The second-order valence-electron chi connectivity index (χ2n) is 6.35. The van der Waals surface area contributed by atoms with Crippen LogP contribution >= 0.6 is 48.0 Å². The molecule has 1 aliphatic heterocycles. The van der Waals surface area contributed by atoms with Crippen molar-refractivity contribution in [1.82, 2.24) is 10.3 Å². The molecule has 1 fully saturated rings. The lowest BCUT2D eigenvalue weighted by molar-refractivity contribution is -0.116. The van der Waals surface area contributed by atoms with Gasteiger partial charge in [0.2, 0.25) is 11.8 Å². The lowest BCUT2D eigenvalue weighted by atomic mass is 9.93. The van der Waals surface area contributed by atoms with Crippen LogP contribution in [-0.2, 0) is 4.79 Å². The van der Waals surface area contributed by atoms with Gasteiger partial charge in [0.25, 0.3) is 0 Å². The van der Waals surface area contributed by atoms with Crippen LogP contribution in [0.5, 0.6) is 11.6 Å². The zero-order valence-corrected chi connectivity index (χ0v) is 18.3. The molecule has 0 aliphatic carbocycles. The van der Waals surface area contributed by atoms with Crippen molar-refractivity contribution in [2.75, 3.05) is 18.4 Å². The number of carbonyl (C=O) groups is 1. The van der Waals surface area contributed by atoms with E-state index in [-0.39, 0.29) is 36.6 Å². The number of hydrogen-bond donors (Lipinski definition) is 2. The molecule has 0 atom stereocenters. The average Bonchev–Trinajstić information content (AvgIpc) is 2.65. The molecule has 28 heavy (non-hydrogen) atoms. The molecule has 0 radical (unpaired) electrons. The molecule has 1 saturated heterocycles. The topological polar surface area (TPSA) is 63.2 Å². The fraction of sp³-hybridized carbons (Fsp3) is 0.368. The maximum Gasteiger partial charge on any atom is 0.238 e. The third kappa shape index (κ3) is 7.64. The van der Waals surface area contributed by atoms with Gasteiger partial charge >= 0.3 is 0 Å².